The number of benzene rings is 1. The zero-order chi connectivity index (χ0) is 13.0. The number of hydrogen-bond donors (Lipinski definition) is 1. The van der Waals surface area contributed by atoms with E-state index in [1.807, 2.05) is 6.07 Å². The molecule has 96 valence electrons. The third-order valence-corrected chi connectivity index (χ3v) is 4.05. The van der Waals surface area contributed by atoms with Crippen LogP contribution in [0.3, 0.4) is 0 Å². The minimum Gasteiger partial charge on any atom is -0.369 e. The van der Waals surface area contributed by atoms with E-state index in [4.69, 9.17) is 17.3 Å². The van der Waals surface area contributed by atoms with Gasteiger partial charge in [0.25, 0.3) is 0 Å². The minimum absolute atomic E-state index is 0.697. The predicted octanol–water partition coefficient (Wildman–Crippen LogP) is 3.54. The molecule has 0 unspecified atom stereocenters. The molecule has 0 spiro atoms. The average Bonchev–Trinajstić information content (AvgIpc) is 2.76. The highest BCUT2D eigenvalue weighted by Gasteiger charge is 2.04. The summed E-state index contributed by atoms with van der Waals surface area (Å²) in [5.41, 5.74) is 8.04. The summed E-state index contributed by atoms with van der Waals surface area (Å²) >= 11 is 7.56. The number of thiophene rings is 1. The van der Waals surface area contributed by atoms with Crippen LogP contribution in [0, 0.1) is 0 Å². The number of nitrogens with two attached hydrogens (primary N) is 1. The van der Waals surface area contributed by atoms with Gasteiger partial charge in [-0.15, -0.1) is 11.3 Å². The fraction of sp³-hybridized carbons (Fsp3) is 0.286. The number of rotatable bonds is 5. The van der Waals surface area contributed by atoms with Gasteiger partial charge in [-0.1, -0.05) is 23.7 Å². The molecule has 0 saturated carbocycles. The van der Waals surface area contributed by atoms with Crippen molar-refractivity contribution in [2.24, 2.45) is 5.73 Å². The lowest BCUT2D eigenvalue weighted by molar-refractivity contribution is 0.934. The zero-order valence-electron chi connectivity index (χ0n) is 10.4. The van der Waals surface area contributed by atoms with E-state index in [0.29, 0.717) is 6.54 Å². The molecule has 0 bridgehead atoms. The van der Waals surface area contributed by atoms with Gasteiger partial charge in [-0.25, -0.2) is 0 Å². The van der Waals surface area contributed by atoms with Gasteiger partial charge in [0.15, 0.2) is 0 Å². The first kappa shape index (κ1) is 13.4. The Bertz CT molecular complexity index is 493. The number of hydrogen-bond acceptors (Lipinski definition) is 3. The van der Waals surface area contributed by atoms with Crippen LogP contribution in [-0.2, 0) is 13.0 Å². The standard InChI is InChI=1S/C14H17ClN2S/c1-17(10-13-6-7-14(15)18-13)12-4-2-11(3-5-12)8-9-16/h2-7H,8-10,16H2,1H3. The van der Waals surface area contributed by atoms with Crippen LogP contribution in [-0.4, -0.2) is 13.6 Å². The lowest BCUT2D eigenvalue weighted by Gasteiger charge is -2.18. The second-order valence-corrected chi connectivity index (χ2v) is 6.07. The summed E-state index contributed by atoms with van der Waals surface area (Å²) in [4.78, 5) is 3.49. The van der Waals surface area contributed by atoms with Gasteiger partial charge in [-0.05, 0) is 42.8 Å². The van der Waals surface area contributed by atoms with Gasteiger partial charge in [0.2, 0.25) is 0 Å². The first-order valence-corrected chi connectivity index (χ1v) is 7.13. The van der Waals surface area contributed by atoms with Crippen LogP contribution in [0.4, 0.5) is 5.69 Å². The Morgan fingerprint density at radius 2 is 1.89 bits per heavy atom. The zero-order valence-corrected chi connectivity index (χ0v) is 12.0. The second kappa shape index (κ2) is 6.23. The van der Waals surface area contributed by atoms with E-state index < -0.39 is 0 Å². The Morgan fingerprint density at radius 3 is 2.44 bits per heavy atom. The maximum atomic E-state index is 5.93. The summed E-state index contributed by atoms with van der Waals surface area (Å²) in [5.74, 6) is 0. The molecule has 1 aromatic heterocycles. The maximum absolute atomic E-state index is 5.93. The first-order valence-electron chi connectivity index (χ1n) is 5.93. The molecule has 1 aromatic carbocycles. The van der Waals surface area contributed by atoms with E-state index in [1.54, 1.807) is 11.3 Å². The van der Waals surface area contributed by atoms with E-state index in [2.05, 4.69) is 42.3 Å². The van der Waals surface area contributed by atoms with Gasteiger partial charge in [-0.3, -0.25) is 0 Å². The summed E-state index contributed by atoms with van der Waals surface area (Å²) in [7, 11) is 2.09. The van der Waals surface area contributed by atoms with Crippen molar-refractivity contribution < 1.29 is 0 Å². The summed E-state index contributed by atoms with van der Waals surface area (Å²) in [6.07, 6.45) is 0.935. The molecule has 0 radical (unpaired) electrons. The van der Waals surface area contributed by atoms with Crippen molar-refractivity contribution in [2.45, 2.75) is 13.0 Å². The van der Waals surface area contributed by atoms with E-state index in [1.165, 1.54) is 16.1 Å². The molecule has 0 saturated heterocycles. The smallest absolute Gasteiger partial charge is 0.0931 e. The number of nitrogens with zero attached hydrogens (tertiary/aromatic N) is 1. The summed E-state index contributed by atoms with van der Waals surface area (Å²) in [6, 6.07) is 12.6. The Balaban J connectivity index is 2.02. The molecule has 0 atom stereocenters. The van der Waals surface area contributed by atoms with Crippen molar-refractivity contribution in [3.05, 3.63) is 51.2 Å². The minimum atomic E-state index is 0.697. The molecule has 1 heterocycles. The van der Waals surface area contributed by atoms with Crippen LogP contribution in [0.5, 0.6) is 0 Å². The average molecular weight is 281 g/mol. The molecule has 0 aliphatic heterocycles. The topological polar surface area (TPSA) is 29.3 Å². The van der Waals surface area contributed by atoms with Crippen LogP contribution < -0.4 is 10.6 Å². The largest absolute Gasteiger partial charge is 0.369 e. The van der Waals surface area contributed by atoms with Crippen molar-refractivity contribution in [1.29, 1.82) is 0 Å². The van der Waals surface area contributed by atoms with E-state index in [-0.39, 0.29) is 0 Å². The maximum Gasteiger partial charge on any atom is 0.0931 e. The highest BCUT2D eigenvalue weighted by Crippen LogP contribution is 2.24. The van der Waals surface area contributed by atoms with Gasteiger partial charge in [-0.2, -0.15) is 0 Å². The summed E-state index contributed by atoms with van der Waals surface area (Å²) in [6.45, 7) is 1.58. The molecule has 2 aromatic rings. The van der Waals surface area contributed by atoms with Crippen LogP contribution in [0.15, 0.2) is 36.4 Å². The van der Waals surface area contributed by atoms with Crippen molar-refractivity contribution in [2.75, 3.05) is 18.5 Å². The van der Waals surface area contributed by atoms with Crippen LogP contribution in [0.2, 0.25) is 4.34 Å². The molecule has 0 aliphatic rings. The Labute approximate surface area is 117 Å². The summed E-state index contributed by atoms with van der Waals surface area (Å²) < 4.78 is 0.844. The Morgan fingerprint density at radius 1 is 1.17 bits per heavy atom. The molecule has 0 amide bonds. The molecule has 4 heteroatoms. The molecule has 0 fully saturated rings. The van der Waals surface area contributed by atoms with Crippen molar-refractivity contribution >= 4 is 28.6 Å². The Hall–Kier alpha value is -1.03. The monoisotopic (exact) mass is 280 g/mol. The van der Waals surface area contributed by atoms with Gasteiger partial charge >= 0.3 is 0 Å². The lowest BCUT2D eigenvalue weighted by atomic mass is 10.1. The molecule has 2 N–H and O–H groups in total. The normalized spacial score (nSPS) is 10.6. The molecular weight excluding hydrogens is 264 g/mol. The first-order chi connectivity index (χ1) is 8.69. The van der Waals surface area contributed by atoms with Gasteiger partial charge in [0.05, 0.1) is 10.9 Å². The van der Waals surface area contributed by atoms with Crippen LogP contribution in [0.25, 0.3) is 0 Å². The second-order valence-electron chi connectivity index (χ2n) is 4.27. The van der Waals surface area contributed by atoms with E-state index >= 15 is 0 Å². The fourth-order valence-corrected chi connectivity index (χ4v) is 2.99. The SMILES string of the molecule is CN(Cc1ccc(Cl)s1)c1ccc(CCN)cc1. The highest BCUT2D eigenvalue weighted by atomic mass is 35.5. The van der Waals surface area contributed by atoms with Crippen molar-refractivity contribution in [1.82, 2.24) is 0 Å². The predicted molar refractivity (Wildman–Crippen MR) is 80.6 cm³/mol. The Kier molecular flexibility index (Phi) is 4.64. The van der Waals surface area contributed by atoms with Gasteiger partial charge < -0.3 is 10.6 Å². The highest BCUT2D eigenvalue weighted by molar-refractivity contribution is 7.16. The van der Waals surface area contributed by atoms with Crippen LogP contribution in [0.1, 0.15) is 10.4 Å². The number of anilines is 1. The van der Waals surface area contributed by atoms with Gasteiger partial charge in [0, 0.05) is 17.6 Å². The molecular formula is C14H17ClN2S. The quantitative estimate of drug-likeness (QED) is 0.908. The lowest BCUT2D eigenvalue weighted by Crippen LogP contribution is -2.15. The van der Waals surface area contributed by atoms with Crippen LogP contribution >= 0.6 is 22.9 Å². The molecule has 2 nitrogen and oxygen atoms in total. The van der Waals surface area contributed by atoms with E-state index in [0.717, 1.165) is 17.3 Å². The molecule has 2 rings (SSSR count). The third kappa shape index (κ3) is 3.48. The molecule has 18 heavy (non-hydrogen) atoms. The summed E-state index contributed by atoms with van der Waals surface area (Å²) in [5, 5.41) is 0. The van der Waals surface area contributed by atoms with Crippen molar-refractivity contribution in [3.8, 4) is 0 Å². The van der Waals surface area contributed by atoms with Gasteiger partial charge in [0.1, 0.15) is 0 Å². The fourth-order valence-electron chi connectivity index (χ4n) is 1.85. The van der Waals surface area contributed by atoms with E-state index in [9.17, 15) is 0 Å². The third-order valence-electron chi connectivity index (χ3n) is 2.83. The number of halogens is 1. The molecule has 0 aliphatic carbocycles. The van der Waals surface area contributed by atoms with Crippen molar-refractivity contribution in [3.63, 3.8) is 0 Å².